The van der Waals surface area contributed by atoms with Gasteiger partial charge in [-0.3, -0.25) is 0 Å². The first-order valence-corrected chi connectivity index (χ1v) is 6.95. The van der Waals surface area contributed by atoms with E-state index in [4.69, 9.17) is 22.1 Å². The summed E-state index contributed by atoms with van der Waals surface area (Å²) in [4.78, 5) is 11.3. The third-order valence-electron chi connectivity index (χ3n) is 3.22. The van der Waals surface area contributed by atoms with Crippen molar-refractivity contribution in [2.24, 2.45) is 5.73 Å². The number of alkyl halides is 3. The van der Waals surface area contributed by atoms with E-state index < -0.39 is 22.8 Å². The number of amides is 1. The fourth-order valence-corrected chi connectivity index (χ4v) is 2.33. The van der Waals surface area contributed by atoms with Gasteiger partial charge in [0, 0.05) is 5.56 Å². The van der Waals surface area contributed by atoms with Crippen LogP contribution < -0.4 is 10.5 Å². The Kier molecular flexibility index (Phi) is 4.56. The molecule has 0 bridgehead atoms. The van der Waals surface area contributed by atoms with Crippen LogP contribution in [0.25, 0.3) is 0 Å². The van der Waals surface area contributed by atoms with Crippen LogP contribution in [0.5, 0.6) is 11.6 Å². The second-order valence-corrected chi connectivity index (χ2v) is 5.12. The van der Waals surface area contributed by atoms with Gasteiger partial charge in [-0.1, -0.05) is 18.5 Å². The zero-order valence-corrected chi connectivity index (χ0v) is 13.0. The topological polar surface area (TPSA) is 70.1 Å². The van der Waals surface area contributed by atoms with Gasteiger partial charge in [-0.15, -0.1) is 5.10 Å². The molecular formula is C14H13ClF3N3O2. The first-order chi connectivity index (χ1) is 10.6. The molecule has 0 aliphatic heterocycles. The molecule has 0 aliphatic rings. The van der Waals surface area contributed by atoms with Crippen molar-refractivity contribution >= 4 is 17.6 Å². The largest absolute Gasteiger partial charge is 0.437 e. The predicted octanol–water partition coefficient (Wildman–Crippen LogP) is 4.15. The molecule has 0 atom stereocenters. The maximum absolute atomic E-state index is 12.9. The van der Waals surface area contributed by atoms with E-state index in [1.54, 1.807) is 13.8 Å². The number of ether oxygens (including phenoxy) is 1. The Morgan fingerprint density at radius 1 is 1.43 bits per heavy atom. The highest BCUT2D eigenvalue weighted by atomic mass is 35.5. The van der Waals surface area contributed by atoms with E-state index >= 15 is 0 Å². The van der Waals surface area contributed by atoms with Crippen LogP contribution in [0, 0.1) is 6.92 Å². The summed E-state index contributed by atoms with van der Waals surface area (Å²) in [7, 11) is 0. The van der Waals surface area contributed by atoms with Gasteiger partial charge in [0.1, 0.15) is 5.75 Å². The van der Waals surface area contributed by atoms with Gasteiger partial charge in [0.2, 0.25) is 5.88 Å². The second-order valence-electron chi connectivity index (χ2n) is 4.71. The van der Waals surface area contributed by atoms with E-state index in [9.17, 15) is 18.0 Å². The Morgan fingerprint density at radius 3 is 2.61 bits per heavy atom. The van der Waals surface area contributed by atoms with Gasteiger partial charge in [0.05, 0.1) is 16.3 Å². The lowest BCUT2D eigenvalue weighted by molar-refractivity contribution is -0.137. The number of hydrogen-bond donors (Lipinski definition) is 1. The predicted molar refractivity (Wildman–Crippen MR) is 77.9 cm³/mol. The quantitative estimate of drug-likeness (QED) is 0.906. The molecule has 0 unspecified atom stereocenters. The fourth-order valence-electron chi connectivity index (χ4n) is 2.11. The van der Waals surface area contributed by atoms with Crippen molar-refractivity contribution in [3.8, 4) is 11.6 Å². The molecule has 124 valence electrons. The molecule has 9 heteroatoms. The highest BCUT2D eigenvalue weighted by Gasteiger charge is 2.33. The molecule has 0 fully saturated rings. The van der Waals surface area contributed by atoms with Gasteiger partial charge in [-0.25, -0.2) is 4.79 Å². The Hall–Kier alpha value is -2.22. The third-order valence-corrected chi connectivity index (χ3v) is 3.55. The Bertz CT molecular complexity index is 756. The maximum Gasteiger partial charge on any atom is 0.417 e. The lowest BCUT2D eigenvalue weighted by atomic mass is 10.2. The molecule has 0 spiro atoms. The van der Waals surface area contributed by atoms with Gasteiger partial charge in [-0.2, -0.15) is 17.9 Å². The fraction of sp³-hybridized carbons (Fsp3) is 0.286. The number of nitrogens with two attached hydrogens (primary N) is 1. The molecule has 0 saturated heterocycles. The van der Waals surface area contributed by atoms with Gasteiger partial charge in [0.15, 0.2) is 0 Å². The number of nitrogens with zero attached hydrogens (tertiary/aromatic N) is 2. The number of carbonyl (C=O) groups is 1. The zero-order valence-electron chi connectivity index (χ0n) is 12.2. The molecule has 0 radical (unpaired) electrons. The van der Waals surface area contributed by atoms with Gasteiger partial charge < -0.3 is 10.5 Å². The molecule has 2 N–H and O–H groups in total. The van der Waals surface area contributed by atoms with E-state index in [1.165, 1.54) is 6.07 Å². The number of hydrogen-bond acceptors (Lipinski definition) is 3. The van der Waals surface area contributed by atoms with Gasteiger partial charge >= 0.3 is 12.2 Å². The summed E-state index contributed by atoms with van der Waals surface area (Å²) in [6.07, 6.45) is -4.14. The minimum atomic E-state index is -4.60. The van der Waals surface area contributed by atoms with Crippen molar-refractivity contribution in [3.63, 3.8) is 0 Å². The standard InChI is InChI=1S/C14H13ClF3N3O2/c1-3-9-7(2)21(13(19)22)20-12(9)23-8-4-5-11(15)10(6-8)14(16,17)18/h4-6H,3H2,1-2H3,(H2,19,22). The molecule has 1 aromatic carbocycles. The van der Waals surface area contributed by atoms with Crippen molar-refractivity contribution in [2.45, 2.75) is 26.4 Å². The van der Waals surface area contributed by atoms with Crippen LogP contribution in [-0.4, -0.2) is 15.8 Å². The van der Waals surface area contributed by atoms with Crippen molar-refractivity contribution in [3.05, 3.63) is 40.0 Å². The van der Waals surface area contributed by atoms with Crippen LogP contribution in [0.4, 0.5) is 18.0 Å². The smallest absolute Gasteiger partial charge is 0.417 e. The molecule has 1 heterocycles. The van der Waals surface area contributed by atoms with Crippen molar-refractivity contribution < 1.29 is 22.7 Å². The number of primary amides is 1. The molecule has 2 rings (SSSR count). The van der Waals surface area contributed by atoms with E-state index in [0.717, 1.165) is 16.8 Å². The minimum Gasteiger partial charge on any atom is -0.437 e. The Balaban J connectivity index is 2.44. The van der Waals surface area contributed by atoms with Crippen LogP contribution in [0.2, 0.25) is 5.02 Å². The average molecular weight is 348 g/mol. The summed E-state index contributed by atoms with van der Waals surface area (Å²) in [6.45, 7) is 3.41. The SMILES string of the molecule is CCc1c(Oc2ccc(Cl)c(C(F)(F)F)c2)nn(C(N)=O)c1C. The number of rotatable bonds is 3. The lowest BCUT2D eigenvalue weighted by Crippen LogP contribution is -2.22. The van der Waals surface area contributed by atoms with Crippen LogP contribution in [0.15, 0.2) is 18.2 Å². The zero-order chi connectivity index (χ0) is 17.4. The maximum atomic E-state index is 12.9. The van der Waals surface area contributed by atoms with Gasteiger partial charge in [0.25, 0.3) is 0 Å². The second kappa shape index (κ2) is 6.11. The molecule has 0 saturated carbocycles. The molecule has 23 heavy (non-hydrogen) atoms. The Labute approximate surface area is 134 Å². The summed E-state index contributed by atoms with van der Waals surface area (Å²) in [6, 6.07) is 2.35. The summed E-state index contributed by atoms with van der Waals surface area (Å²) < 4.78 is 44.9. The normalized spacial score (nSPS) is 11.6. The molecule has 1 amide bonds. The monoisotopic (exact) mass is 347 g/mol. The highest BCUT2D eigenvalue weighted by molar-refractivity contribution is 6.31. The molecular weight excluding hydrogens is 335 g/mol. The minimum absolute atomic E-state index is 0.0271. The van der Waals surface area contributed by atoms with E-state index in [2.05, 4.69) is 5.10 Å². The molecule has 5 nitrogen and oxygen atoms in total. The van der Waals surface area contributed by atoms with E-state index in [0.29, 0.717) is 17.7 Å². The van der Waals surface area contributed by atoms with E-state index in [1.807, 2.05) is 0 Å². The van der Waals surface area contributed by atoms with Crippen molar-refractivity contribution in [2.75, 3.05) is 0 Å². The average Bonchev–Trinajstić information content (AvgIpc) is 2.76. The third kappa shape index (κ3) is 3.42. The highest BCUT2D eigenvalue weighted by Crippen LogP contribution is 2.38. The van der Waals surface area contributed by atoms with Crippen molar-refractivity contribution in [1.82, 2.24) is 9.78 Å². The number of halogens is 4. The summed E-state index contributed by atoms with van der Waals surface area (Å²) in [5, 5.41) is 3.46. The molecule has 2 aromatic rings. The number of aromatic nitrogens is 2. The summed E-state index contributed by atoms with van der Waals surface area (Å²) in [5.74, 6) is -0.0650. The summed E-state index contributed by atoms with van der Waals surface area (Å²) in [5.41, 5.74) is 5.22. The van der Waals surface area contributed by atoms with Crippen LogP contribution in [-0.2, 0) is 12.6 Å². The van der Waals surface area contributed by atoms with Crippen LogP contribution in [0.1, 0.15) is 23.7 Å². The van der Waals surface area contributed by atoms with Crippen LogP contribution in [0.3, 0.4) is 0 Å². The van der Waals surface area contributed by atoms with E-state index in [-0.39, 0.29) is 11.6 Å². The number of carbonyl (C=O) groups excluding carboxylic acids is 1. The first kappa shape index (κ1) is 17.1. The van der Waals surface area contributed by atoms with Crippen LogP contribution >= 0.6 is 11.6 Å². The molecule has 1 aromatic heterocycles. The van der Waals surface area contributed by atoms with Crippen molar-refractivity contribution in [1.29, 1.82) is 0 Å². The van der Waals surface area contributed by atoms with Gasteiger partial charge in [-0.05, 0) is 31.5 Å². The number of benzene rings is 1. The summed E-state index contributed by atoms with van der Waals surface area (Å²) >= 11 is 5.56. The molecule has 0 aliphatic carbocycles. The Morgan fingerprint density at radius 2 is 2.09 bits per heavy atom. The first-order valence-electron chi connectivity index (χ1n) is 6.58. The lowest BCUT2D eigenvalue weighted by Gasteiger charge is -2.11.